The van der Waals surface area contributed by atoms with Crippen molar-refractivity contribution >= 4 is 33.1 Å². The van der Waals surface area contributed by atoms with E-state index in [-0.39, 0.29) is 18.0 Å². The summed E-state index contributed by atoms with van der Waals surface area (Å²) in [5.74, 6) is -0.250. The molecule has 0 atom stereocenters. The molecule has 0 spiro atoms. The van der Waals surface area contributed by atoms with Gasteiger partial charge in [0.25, 0.3) is 11.6 Å². The van der Waals surface area contributed by atoms with Gasteiger partial charge in [-0.05, 0) is 30.5 Å². The summed E-state index contributed by atoms with van der Waals surface area (Å²) in [6.07, 6.45) is 1.16. The lowest BCUT2D eigenvalue weighted by atomic mass is 10.1. The monoisotopic (exact) mass is 413 g/mol. The zero-order valence-corrected chi connectivity index (χ0v) is 17.3. The van der Waals surface area contributed by atoms with E-state index in [0.29, 0.717) is 30.1 Å². The smallest absolute Gasteiger partial charge is 0.271 e. The minimum Gasteiger partial charge on any atom is -0.380 e. The molecule has 0 bridgehead atoms. The number of carbonyl (C=O) groups excluding carboxylic acids is 1. The second-order valence-electron chi connectivity index (χ2n) is 6.49. The highest BCUT2D eigenvalue weighted by molar-refractivity contribution is 7.16. The molecule has 7 nitrogen and oxygen atoms in total. The summed E-state index contributed by atoms with van der Waals surface area (Å²) in [6.45, 7) is 5.46. The number of nitro groups is 1. The Balaban J connectivity index is 1.95. The molecule has 152 valence electrons. The van der Waals surface area contributed by atoms with Crippen molar-refractivity contribution in [1.82, 2.24) is 4.57 Å². The summed E-state index contributed by atoms with van der Waals surface area (Å²) in [4.78, 5) is 28.1. The molecule has 1 amide bonds. The number of aromatic nitrogens is 1. The number of thiazole rings is 1. The van der Waals surface area contributed by atoms with Gasteiger partial charge in [0, 0.05) is 25.3 Å². The van der Waals surface area contributed by atoms with Gasteiger partial charge in [0.15, 0.2) is 4.80 Å². The maximum absolute atomic E-state index is 12.6. The number of benzene rings is 2. The number of hydrogen-bond acceptors (Lipinski definition) is 5. The molecular weight excluding hydrogens is 390 g/mol. The van der Waals surface area contributed by atoms with Gasteiger partial charge in [-0.3, -0.25) is 14.9 Å². The average molecular weight is 413 g/mol. The van der Waals surface area contributed by atoms with Gasteiger partial charge in [-0.15, -0.1) is 0 Å². The van der Waals surface area contributed by atoms with E-state index in [0.717, 1.165) is 16.7 Å². The maximum Gasteiger partial charge on any atom is 0.271 e. The number of fused-ring (bicyclic) bond motifs is 1. The molecule has 0 aliphatic rings. The minimum atomic E-state index is -0.425. The van der Waals surface area contributed by atoms with Crippen LogP contribution >= 0.6 is 11.3 Å². The van der Waals surface area contributed by atoms with Gasteiger partial charge in [-0.25, -0.2) is 0 Å². The predicted molar refractivity (Wildman–Crippen MR) is 113 cm³/mol. The maximum atomic E-state index is 12.6. The topological polar surface area (TPSA) is 86.7 Å². The number of rotatable bonds is 8. The van der Waals surface area contributed by atoms with E-state index in [1.165, 1.54) is 29.0 Å². The van der Waals surface area contributed by atoms with E-state index in [9.17, 15) is 14.9 Å². The first kappa shape index (κ1) is 20.9. The third-order valence-electron chi connectivity index (χ3n) is 4.55. The predicted octanol–water partition coefficient (Wildman–Crippen LogP) is 3.88. The third-order valence-corrected chi connectivity index (χ3v) is 5.61. The van der Waals surface area contributed by atoms with Crippen LogP contribution < -0.4 is 4.80 Å². The van der Waals surface area contributed by atoms with Gasteiger partial charge in [0.05, 0.1) is 28.2 Å². The second-order valence-corrected chi connectivity index (χ2v) is 7.50. The van der Waals surface area contributed by atoms with Crippen molar-refractivity contribution in [1.29, 1.82) is 0 Å². The summed E-state index contributed by atoms with van der Waals surface area (Å²) in [5, 5.41) is 11.1. The third kappa shape index (κ3) is 5.16. The van der Waals surface area contributed by atoms with Crippen LogP contribution in [-0.4, -0.2) is 28.6 Å². The lowest BCUT2D eigenvalue weighted by Gasteiger charge is -2.05. The zero-order valence-electron chi connectivity index (χ0n) is 16.5. The number of amides is 1. The summed E-state index contributed by atoms with van der Waals surface area (Å²) < 4.78 is 8.09. The van der Waals surface area contributed by atoms with Crippen molar-refractivity contribution in [3.63, 3.8) is 0 Å². The van der Waals surface area contributed by atoms with E-state index < -0.39 is 4.92 Å². The number of non-ortho nitro benzene ring substituents is 1. The molecular formula is C21H23N3O4S. The van der Waals surface area contributed by atoms with Crippen molar-refractivity contribution < 1.29 is 14.5 Å². The number of carbonyl (C=O) groups is 1. The van der Waals surface area contributed by atoms with Crippen LogP contribution in [0, 0.1) is 10.1 Å². The Kier molecular flexibility index (Phi) is 6.90. The Morgan fingerprint density at radius 2 is 1.90 bits per heavy atom. The van der Waals surface area contributed by atoms with E-state index in [4.69, 9.17) is 4.74 Å². The fourth-order valence-corrected chi connectivity index (χ4v) is 4.04. The Hall–Kier alpha value is -2.84. The molecule has 1 heterocycles. The Morgan fingerprint density at radius 1 is 1.17 bits per heavy atom. The van der Waals surface area contributed by atoms with Crippen molar-refractivity contribution in [2.75, 3.05) is 13.2 Å². The molecule has 3 aromatic rings. The molecule has 3 rings (SSSR count). The summed E-state index contributed by atoms with van der Waals surface area (Å²) in [7, 11) is 0. The van der Waals surface area contributed by atoms with Gasteiger partial charge in [-0.2, -0.15) is 4.99 Å². The molecule has 1 aromatic heterocycles. The van der Waals surface area contributed by atoms with Crippen LogP contribution in [0.3, 0.4) is 0 Å². The molecule has 0 aliphatic heterocycles. The molecule has 29 heavy (non-hydrogen) atoms. The summed E-state index contributed by atoms with van der Waals surface area (Å²) in [5.41, 5.74) is 2.82. The standard InChI is InChI=1S/C21H23N3O4S/c1-3-15-5-7-16(8-6-15)13-20(25)22-21-23(11-12-28-4-2)18-14-17(24(26)27)9-10-19(18)29-21/h5-10,14H,3-4,11-13H2,1-2H3. The lowest BCUT2D eigenvalue weighted by Crippen LogP contribution is -2.20. The number of nitrogens with zero attached hydrogens (tertiary/aromatic N) is 3. The fourth-order valence-electron chi connectivity index (χ4n) is 2.99. The minimum absolute atomic E-state index is 0.00866. The van der Waals surface area contributed by atoms with Gasteiger partial charge in [0.2, 0.25) is 0 Å². The first-order valence-electron chi connectivity index (χ1n) is 9.52. The van der Waals surface area contributed by atoms with Crippen LogP contribution in [0.5, 0.6) is 0 Å². The Morgan fingerprint density at radius 3 is 2.55 bits per heavy atom. The van der Waals surface area contributed by atoms with E-state index in [1.807, 2.05) is 35.8 Å². The Labute approximate surface area is 172 Å². The molecule has 0 fully saturated rings. The van der Waals surface area contributed by atoms with Crippen molar-refractivity contribution in [3.8, 4) is 0 Å². The molecule has 0 N–H and O–H groups in total. The van der Waals surface area contributed by atoms with E-state index in [2.05, 4.69) is 11.9 Å². The largest absolute Gasteiger partial charge is 0.380 e. The van der Waals surface area contributed by atoms with Crippen LogP contribution in [0.25, 0.3) is 10.2 Å². The van der Waals surface area contributed by atoms with Crippen molar-refractivity contribution in [3.05, 3.63) is 68.5 Å². The van der Waals surface area contributed by atoms with Gasteiger partial charge in [0.1, 0.15) is 0 Å². The average Bonchev–Trinajstić information content (AvgIpc) is 3.05. The quantitative estimate of drug-likeness (QED) is 0.319. The summed E-state index contributed by atoms with van der Waals surface area (Å²) in [6, 6.07) is 12.6. The normalized spacial score (nSPS) is 11.9. The first-order chi connectivity index (χ1) is 14.0. The molecule has 2 aromatic carbocycles. The molecule has 8 heteroatoms. The first-order valence-corrected chi connectivity index (χ1v) is 10.3. The zero-order chi connectivity index (χ0) is 20.8. The van der Waals surface area contributed by atoms with Crippen LogP contribution in [0.1, 0.15) is 25.0 Å². The summed E-state index contributed by atoms with van der Waals surface area (Å²) >= 11 is 1.34. The Bertz CT molecular complexity index is 1080. The van der Waals surface area contributed by atoms with Crippen LogP contribution in [0.15, 0.2) is 47.5 Å². The molecule has 0 saturated carbocycles. The highest BCUT2D eigenvalue weighted by Gasteiger charge is 2.13. The molecule has 0 radical (unpaired) electrons. The van der Waals surface area contributed by atoms with Crippen molar-refractivity contribution in [2.24, 2.45) is 4.99 Å². The van der Waals surface area contributed by atoms with E-state index in [1.54, 1.807) is 6.07 Å². The van der Waals surface area contributed by atoms with E-state index >= 15 is 0 Å². The van der Waals surface area contributed by atoms with Crippen LogP contribution in [0.2, 0.25) is 0 Å². The number of ether oxygens (including phenoxy) is 1. The van der Waals surface area contributed by atoms with Gasteiger partial charge >= 0.3 is 0 Å². The van der Waals surface area contributed by atoms with Crippen LogP contribution in [0.4, 0.5) is 5.69 Å². The molecule has 0 unspecified atom stereocenters. The number of aryl methyl sites for hydroxylation is 1. The van der Waals surface area contributed by atoms with Crippen molar-refractivity contribution in [2.45, 2.75) is 33.2 Å². The number of nitro benzene ring substituents is 1. The lowest BCUT2D eigenvalue weighted by molar-refractivity contribution is -0.384. The number of hydrogen-bond donors (Lipinski definition) is 0. The molecule has 0 saturated heterocycles. The second kappa shape index (κ2) is 9.58. The van der Waals surface area contributed by atoms with Gasteiger partial charge < -0.3 is 9.30 Å². The highest BCUT2D eigenvalue weighted by Crippen LogP contribution is 2.23. The molecule has 0 aliphatic carbocycles. The van der Waals surface area contributed by atoms with Crippen LogP contribution in [-0.2, 0) is 28.9 Å². The van der Waals surface area contributed by atoms with Gasteiger partial charge in [-0.1, -0.05) is 42.5 Å². The fraction of sp³-hybridized carbons (Fsp3) is 0.333. The SMILES string of the molecule is CCOCCn1c(=NC(=O)Cc2ccc(CC)cc2)sc2ccc([N+](=O)[O-])cc21. The highest BCUT2D eigenvalue weighted by atomic mass is 32.1.